The summed E-state index contributed by atoms with van der Waals surface area (Å²) in [6, 6.07) is 7.68. The van der Waals surface area contributed by atoms with Crippen LogP contribution in [0, 0.1) is 0 Å². The van der Waals surface area contributed by atoms with E-state index in [0.29, 0.717) is 24.1 Å². The molecule has 0 radical (unpaired) electrons. The first kappa shape index (κ1) is 19.0. The van der Waals surface area contributed by atoms with Crippen molar-refractivity contribution in [2.24, 2.45) is 4.99 Å². The van der Waals surface area contributed by atoms with E-state index in [-0.39, 0.29) is 12.5 Å². The number of carbonyl (C=O) groups excluding carboxylic acids is 1. The van der Waals surface area contributed by atoms with E-state index in [0.717, 1.165) is 11.1 Å². The zero-order chi connectivity index (χ0) is 17.4. The fourth-order valence-corrected chi connectivity index (χ4v) is 1.98. The summed E-state index contributed by atoms with van der Waals surface area (Å²) in [5, 5.41) is 3.93. The van der Waals surface area contributed by atoms with Crippen molar-refractivity contribution in [3.8, 4) is 0 Å². The van der Waals surface area contributed by atoms with Crippen molar-refractivity contribution in [3.63, 3.8) is 0 Å². The molecule has 0 saturated heterocycles. The first-order valence-corrected chi connectivity index (χ1v) is 7.76. The highest BCUT2D eigenvalue weighted by atomic mass is 35.5. The number of benzene rings is 1. The second-order valence-electron chi connectivity index (χ2n) is 5.69. The molecular weight excluding hydrogens is 312 g/mol. The van der Waals surface area contributed by atoms with E-state index in [9.17, 15) is 4.79 Å². The van der Waals surface area contributed by atoms with Crippen LogP contribution in [0.3, 0.4) is 0 Å². The van der Waals surface area contributed by atoms with Crippen LogP contribution in [0.15, 0.2) is 41.4 Å². The van der Waals surface area contributed by atoms with Crippen LogP contribution in [-0.4, -0.2) is 55.9 Å². The van der Waals surface area contributed by atoms with Gasteiger partial charge in [-0.15, -0.1) is 0 Å². The average Bonchev–Trinajstić information content (AvgIpc) is 2.48. The topological polar surface area (TPSA) is 47.9 Å². The molecule has 1 aromatic rings. The number of carbonyl (C=O) groups is 1. The number of amides is 1. The second kappa shape index (κ2) is 9.20. The van der Waals surface area contributed by atoms with Gasteiger partial charge in [0.15, 0.2) is 5.96 Å². The second-order valence-corrected chi connectivity index (χ2v) is 6.09. The van der Waals surface area contributed by atoms with Crippen LogP contribution in [0.5, 0.6) is 0 Å². The number of nitrogens with zero attached hydrogens (tertiary/aromatic N) is 3. The third-order valence-corrected chi connectivity index (χ3v) is 3.51. The van der Waals surface area contributed by atoms with Gasteiger partial charge in [0.25, 0.3) is 0 Å². The van der Waals surface area contributed by atoms with Gasteiger partial charge in [-0.3, -0.25) is 4.79 Å². The van der Waals surface area contributed by atoms with E-state index in [4.69, 9.17) is 11.6 Å². The van der Waals surface area contributed by atoms with Crippen molar-refractivity contribution >= 4 is 23.5 Å². The van der Waals surface area contributed by atoms with E-state index in [2.05, 4.69) is 16.9 Å². The summed E-state index contributed by atoms with van der Waals surface area (Å²) in [6.07, 6.45) is 0. The normalized spacial score (nSPS) is 11.1. The summed E-state index contributed by atoms with van der Waals surface area (Å²) in [5.74, 6) is 0.592. The van der Waals surface area contributed by atoms with Crippen LogP contribution >= 0.6 is 11.6 Å². The van der Waals surface area contributed by atoms with E-state index < -0.39 is 0 Å². The third-order valence-electron chi connectivity index (χ3n) is 3.14. The van der Waals surface area contributed by atoms with Gasteiger partial charge in [0.1, 0.15) is 6.54 Å². The monoisotopic (exact) mass is 336 g/mol. The van der Waals surface area contributed by atoms with E-state index in [1.54, 1.807) is 14.1 Å². The molecule has 0 fully saturated rings. The Balaban J connectivity index is 2.84. The van der Waals surface area contributed by atoms with Gasteiger partial charge in [0, 0.05) is 39.3 Å². The summed E-state index contributed by atoms with van der Waals surface area (Å²) >= 11 is 6.21. The van der Waals surface area contributed by atoms with Crippen LogP contribution < -0.4 is 5.32 Å². The molecule has 0 spiro atoms. The lowest BCUT2D eigenvalue weighted by Gasteiger charge is -2.23. The molecule has 1 amide bonds. The number of hydrogen-bond donors (Lipinski definition) is 1. The summed E-state index contributed by atoms with van der Waals surface area (Å²) in [5.41, 5.74) is 1.99. The minimum atomic E-state index is -0.0502. The maximum Gasteiger partial charge on any atom is 0.243 e. The fourth-order valence-electron chi connectivity index (χ4n) is 1.78. The highest BCUT2D eigenvalue weighted by Gasteiger charge is 2.11. The quantitative estimate of drug-likeness (QED) is 0.493. The van der Waals surface area contributed by atoms with Crippen molar-refractivity contribution < 1.29 is 4.79 Å². The van der Waals surface area contributed by atoms with Crippen molar-refractivity contribution in [1.29, 1.82) is 0 Å². The Morgan fingerprint density at radius 2 is 1.96 bits per heavy atom. The molecule has 5 nitrogen and oxygen atoms in total. The molecule has 6 heteroatoms. The number of hydrogen-bond acceptors (Lipinski definition) is 2. The Morgan fingerprint density at radius 1 is 1.30 bits per heavy atom. The molecule has 126 valence electrons. The number of guanidine groups is 1. The minimum Gasteiger partial charge on any atom is -0.353 e. The lowest BCUT2D eigenvalue weighted by Crippen LogP contribution is -2.40. The Bertz CT molecular complexity index is 584. The van der Waals surface area contributed by atoms with Gasteiger partial charge in [-0.25, -0.2) is 4.99 Å². The van der Waals surface area contributed by atoms with E-state index >= 15 is 0 Å². The number of nitrogens with one attached hydrogen (secondary N) is 1. The molecule has 0 aliphatic rings. The molecule has 0 aliphatic carbocycles. The highest BCUT2D eigenvalue weighted by Crippen LogP contribution is 2.16. The molecule has 0 bridgehead atoms. The highest BCUT2D eigenvalue weighted by molar-refractivity contribution is 6.31. The van der Waals surface area contributed by atoms with Crippen LogP contribution in [0.1, 0.15) is 12.5 Å². The van der Waals surface area contributed by atoms with Crippen LogP contribution in [-0.2, 0) is 11.3 Å². The fraction of sp³-hybridized carbons (Fsp3) is 0.412. The molecule has 0 aromatic heterocycles. The van der Waals surface area contributed by atoms with E-state index in [1.807, 2.05) is 43.1 Å². The summed E-state index contributed by atoms with van der Waals surface area (Å²) in [4.78, 5) is 19.6. The van der Waals surface area contributed by atoms with Gasteiger partial charge >= 0.3 is 0 Å². The molecule has 0 saturated carbocycles. The Morgan fingerprint density at radius 3 is 2.52 bits per heavy atom. The SMILES string of the molecule is C=C(C)CNC(=NCC(=O)N(C)C)N(C)Cc1ccccc1Cl. The lowest BCUT2D eigenvalue weighted by atomic mass is 10.2. The zero-order valence-electron chi connectivity index (χ0n) is 14.3. The van der Waals surface area contributed by atoms with Gasteiger partial charge in [0.2, 0.25) is 5.91 Å². The third kappa shape index (κ3) is 6.74. The first-order valence-electron chi connectivity index (χ1n) is 7.38. The maximum atomic E-state index is 11.8. The summed E-state index contributed by atoms with van der Waals surface area (Å²) in [7, 11) is 5.34. The van der Waals surface area contributed by atoms with Crippen LogP contribution in [0.25, 0.3) is 0 Å². The van der Waals surface area contributed by atoms with Crippen molar-refractivity contribution in [2.45, 2.75) is 13.5 Å². The molecule has 1 rings (SSSR count). The first-order chi connectivity index (χ1) is 10.8. The largest absolute Gasteiger partial charge is 0.353 e. The zero-order valence-corrected chi connectivity index (χ0v) is 15.0. The predicted molar refractivity (Wildman–Crippen MR) is 96.7 cm³/mol. The predicted octanol–water partition coefficient (Wildman–Crippen LogP) is 2.38. The van der Waals surface area contributed by atoms with Gasteiger partial charge in [0.05, 0.1) is 0 Å². The lowest BCUT2D eigenvalue weighted by molar-refractivity contribution is -0.127. The molecule has 23 heavy (non-hydrogen) atoms. The summed E-state index contributed by atoms with van der Waals surface area (Å²) < 4.78 is 0. The Hall–Kier alpha value is -2.01. The van der Waals surface area contributed by atoms with Crippen LogP contribution in [0.4, 0.5) is 0 Å². The van der Waals surface area contributed by atoms with Crippen LogP contribution in [0.2, 0.25) is 5.02 Å². The number of likely N-dealkylation sites (N-methyl/N-ethyl adjacent to an activating group) is 1. The molecule has 1 aromatic carbocycles. The van der Waals surface area contributed by atoms with Gasteiger partial charge in [-0.2, -0.15) is 0 Å². The number of rotatable bonds is 6. The Kier molecular flexibility index (Phi) is 7.62. The number of halogens is 1. The van der Waals surface area contributed by atoms with Crippen molar-refractivity contribution in [2.75, 3.05) is 34.2 Å². The van der Waals surface area contributed by atoms with Gasteiger partial charge in [-0.1, -0.05) is 42.0 Å². The molecule has 1 N–H and O–H groups in total. The molecule has 0 heterocycles. The van der Waals surface area contributed by atoms with Gasteiger partial charge < -0.3 is 15.1 Å². The smallest absolute Gasteiger partial charge is 0.243 e. The molecule has 0 atom stereocenters. The van der Waals surface area contributed by atoms with E-state index in [1.165, 1.54) is 4.90 Å². The molecule has 0 aliphatic heterocycles. The average molecular weight is 337 g/mol. The molecule has 0 unspecified atom stereocenters. The van der Waals surface area contributed by atoms with Gasteiger partial charge in [-0.05, 0) is 18.6 Å². The molecular formula is C17H25ClN4O. The Labute approximate surface area is 143 Å². The minimum absolute atomic E-state index is 0.0502. The maximum absolute atomic E-state index is 11.8. The van der Waals surface area contributed by atoms with Crippen molar-refractivity contribution in [1.82, 2.24) is 15.1 Å². The summed E-state index contributed by atoms with van der Waals surface area (Å²) in [6.45, 7) is 7.10. The van der Waals surface area contributed by atoms with Crippen molar-refractivity contribution in [3.05, 3.63) is 47.0 Å². The number of aliphatic imine (C=N–C) groups is 1. The standard InChI is InChI=1S/C17H25ClN4O/c1-13(2)10-19-17(20-11-16(23)21(3)4)22(5)12-14-8-6-7-9-15(14)18/h6-9H,1,10-12H2,2-5H3,(H,19,20).